The van der Waals surface area contributed by atoms with Gasteiger partial charge in [0.15, 0.2) is 17.1 Å². The van der Waals surface area contributed by atoms with E-state index in [1.807, 2.05) is 43.3 Å². The Bertz CT molecular complexity index is 887. The molecule has 3 rings (SSSR count). The van der Waals surface area contributed by atoms with Crippen LogP contribution in [0.1, 0.15) is 31.3 Å². The van der Waals surface area contributed by atoms with Crippen molar-refractivity contribution in [3.8, 4) is 5.75 Å². The van der Waals surface area contributed by atoms with Crippen LogP contribution in [0.2, 0.25) is 5.02 Å². The third kappa shape index (κ3) is 4.61. The number of rotatable bonds is 7. The highest BCUT2D eigenvalue weighted by Gasteiger charge is 2.19. The van der Waals surface area contributed by atoms with Crippen LogP contribution in [0.4, 0.5) is 0 Å². The SMILES string of the molecule is CCn1c(SCc2cccc(Br)c2)nnc1C(C)Oc1ccccc1Cl. The van der Waals surface area contributed by atoms with Crippen molar-refractivity contribution < 1.29 is 4.74 Å². The highest BCUT2D eigenvalue weighted by molar-refractivity contribution is 9.10. The highest BCUT2D eigenvalue weighted by atomic mass is 79.9. The second-order valence-electron chi connectivity index (χ2n) is 5.69. The average Bonchev–Trinajstić information content (AvgIpc) is 3.05. The molecule has 0 aliphatic heterocycles. The summed E-state index contributed by atoms with van der Waals surface area (Å²) >= 11 is 11.4. The van der Waals surface area contributed by atoms with Crippen LogP contribution in [-0.2, 0) is 12.3 Å². The molecule has 4 nitrogen and oxygen atoms in total. The van der Waals surface area contributed by atoms with Crippen LogP contribution >= 0.6 is 39.3 Å². The lowest BCUT2D eigenvalue weighted by Crippen LogP contribution is -2.12. The number of halogens is 2. The second kappa shape index (κ2) is 8.93. The van der Waals surface area contributed by atoms with Crippen LogP contribution < -0.4 is 4.74 Å². The summed E-state index contributed by atoms with van der Waals surface area (Å²) in [5.41, 5.74) is 1.23. The molecule has 26 heavy (non-hydrogen) atoms. The number of nitrogens with zero attached hydrogens (tertiary/aromatic N) is 3. The van der Waals surface area contributed by atoms with Crippen LogP contribution in [0.3, 0.4) is 0 Å². The van der Waals surface area contributed by atoms with E-state index in [4.69, 9.17) is 16.3 Å². The number of hydrogen-bond donors (Lipinski definition) is 0. The minimum Gasteiger partial charge on any atom is -0.481 e. The Hall–Kier alpha value is -1.50. The molecule has 0 aliphatic carbocycles. The van der Waals surface area contributed by atoms with Gasteiger partial charge in [-0.25, -0.2) is 0 Å². The molecule has 0 fully saturated rings. The Balaban J connectivity index is 1.74. The van der Waals surface area contributed by atoms with Gasteiger partial charge in [-0.15, -0.1) is 10.2 Å². The minimum absolute atomic E-state index is 0.248. The summed E-state index contributed by atoms with van der Waals surface area (Å²) in [5, 5.41) is 10.2. The van der Waals surface area contributed by atoms with Crippen molar-refractivity contribution in [1.29, 1.82) is 0 Å². The summed E-state index contributed by atoms with van der Waals surface area (Å²) in [6.07, 6.45) is -0.248. The topological polar surface area (TPSA) is 39.9 Å². The predicted molar refractivity (Wildman–Crippen MR) is 110 cm³/mol. The van der Waals surface area contributed by atoms with E-state index in [0.717, 1.165) is 27.8 Å². The molecular formula is C19H19BrClN3OS. The van der Waals surface area contributed by atoms with Gasteiger partial charge in [-0.2, -0.15) is 0 Å². The molecular weight excluding hydrogens is 434 g/mol. The monoisotopic (exact) mass is 451 g/mol. The molecule has 3 aromatic rings. The fourth-order valence-electron chi connectivity index (χ4n) is 2.56. The van der Waals surface area contributed by atoms with Crippen molar-refractivity contribution in [1.82, 2.24) is 14.8 Å². The van der Waals surface area contributed by atoms with Crippen LogP contribution in [0.5, 0.6) is 5.75 Å². The van der Waals surface area contributed by atoms with Crippen molar-refractivity contribution in [3.05, 3.63) is 69.4 Å². The van der Waals surface area contributed by atoms with Crippen LogP contribution in [0.25, 0.3) is 0 Å². The fourth-order valence-corrected chi connectivity index (χ4v) is 4.14. The largest absolute Gasteiger partial charge is 0.481 e. The number of hydrogen-bond acceptors (Lipinski definition) is 4. The molecule has 7 heteroatoms. The lowest BCUT2D eigenvalue weighted by atomic mass is 10.2. The first kappa shape index (κ1) is 19.3. The Morgan fingerprint density at radius 1 is 1.19 bits per heavy atom. The highest BCUT2D eigenvalue weighted by Crippen LogP contribution is 2.30. The zero-order chi connectivity index (χ0) is 18.5. The maximum Gasteiger partial charge on any atom is 0.191 e. The molecule has 1 aromatic heterocycles. The maximum atomic E-state index is 6.19. The summed E-state index contributed by atoms with van der Waals surface area (Å²) in [7, 11) is 0. The Kier molecular flexibility index (Phi) is 6.62. The summed E-state index contributed by atoms with van der Waals surface area (Å²) in [4.78, 5) is 0. The van der Waals surface area contributed by atoms with Crippen molar-refractivity contribution >= 4 is 39.3 Å². The van der Waals surface area contributed by atoms with E-state index < -0.39 is 0 Å². The summed E-state index contributed by atoms with van der Waals surface area (Å²) in [6, 6.07) is 15.7. The van der Waals surface area contributed by atoms with E-state index in [1.54, 1.807) is 11.8 Å². The van der Waals surface area contributed by atoms with Crippen molar-refractivity contribution in [3.63, 3.8) is 0 Å². The van der Waals surface area contributed by atoms with E-state index in [1.165, 1.54) is 5.56 Å². The third-order valence-electron chi connectivity index (χ3n) is 3.82. The van der Waals surface area contributed by atoms with E-state index in [-0.39, 0.29) is 6.10 Å². The number of benzene rings is 2. The Morgan fingerprint density at radius 3 is 2.73 bits per heavy atom. The van der Waals surface area contributed by atoms with Crippen molar-refractivity contribution in [2.24, 2.45) is 0 Å². The van der Waals surface area contributed by atoms with Gasteiger partial charge in [-0.05, 0) is 43.7 Å². The first-order valence-corrected chi connectivity index (χ1v) is 10.5. The lowest BCUT2D eigenvalue weighted by molar-refractivity contribution is 0.210. The second-order valence-corrected chi connectivity index (χ2v) is 7.96. The molecule has 0 spiro atoms. The van der Waals surface area contributed by atoms with Crippen molar-refractivity contribution in [2.75, 3.05) is 0 Å². The van der Waals surface area contributed by atoms with Crippen LogP contribution in [-0.4, -0.2) is 14.8 Å². The molecule has 0 aliphatic rings. The van der Waals surface area contributed by atoms with Gasteiger partial charge in [-0.3, -0.25) is 0 Å². The molecule has 0 amide bonds. The van der Waals surface area contributed by atoms with Gasteiger partial charge in [0.2, 0.25) is 0 Å². The first-order chi connectivity index (χ1) is 12.6. The molecule has 1 unspecified atom stereocenters. The minimum atomic E-state index is -0.248. The molecule has 0 radical (unpaired) electrons. The average molecular weight is 453 g/mol. The van der Waals surface area contributed by atoms with E-state index >= 15 is 0 Å². The normalized spacial score (nSPS) is 12.2. The Labute approximate surface area is 171 Å². The molecule has 2 aromatic carbocycles. The molecule has 136 valence electrons. The molecule has 0 saturated heterocycles. The maximum absolute atomic E-state index is 6.19. The Morgan fingerprint density at radius 2 is 2.00 bits per heavy atom. The molecule has 1 atom stereocenters. The summed E-state index contributed by atoms with van der Waals surface area (Å²) in [5.74, 6) is 2.27. The van der Waals surface area contributed by atoms with Crippen LogP contribution in [0, 0.1) is 0 Å². The fraction of sp³-hybridized carbons (Fsp3) is 0.263. The van der Waals surface area contributed by atoms with Crippen molar-refractivity contribution in [2.45, 2.75) is 37.4 Å². The van der Waals surface area contributed by atoms with Gasteiger partial charge >= 0.3 is 0 Å². The van der Waals surface area contributed by atoms with E-state index in [9.17, 15) is 0 Å². The zero-order valence-corrected chi connectivity index (χ0v) is 17.7. The van der Waals surface area contributed by atoms with Gasteiger partial charge in [0.05, 0.1) is 5.02 Å². The van der Waals surface area contributed by atoms with Gasteiger partial charge in [0, 0.05) is 16.8 Å². The number of ether oxygens (including phenoxy) is 1. The first-order valence-electron chi connectivity index (χ1n) is 8.30. The number of aromatic nitrogens is 3. The van der Waals surface area contributed by atoms with Gasteiger partial charge in [-0.1, -0.05) is 63.6 Å². The standard InChI is InChI=1S/C19H19BrClN3OS/c1-3-24-18(13(2)25-17-10-5-4-9-16(17)21)22-23-19(24)26-12-14-7-6-8-15(20)11-14/h4-11,13H,3,12H2,1-2H3. The van der Waals surface area contributed by atoms with Crippen LogP contribution in [0.15, 0.2) is 58.2 Å². The van der Waals surface area contributed by atoms with E-state index in [2.05, 4.69) is 49.8 Å². The lowest BCUT2D eigenvalue weighted by Gasteiger charge is -2.16. The zero-order valence-electron chi connectivity index (χ0n) is 14.5. The number of para-hydroxylation sites is 1. The summed E-state index contributed by atoms with van der Waals surface area (Å²) in [6.45, 7) is 4.82. The van der Waals surface area contributed by atoms with E-state index in [0.29, 0.717) is 10.8 Å². The van der Waals surface area contributed by atoms with Gasteiger partial charge < -0.3 is 9.30 Å². The summed E-state index contributed by atoms with van der Waals surface area (Å²) < 4.78 is 9.16. The van der Waals surface area contributed by atoms with Gasteiger partial charge in [0.25, 0.3) is 0 Å². The quantitative estimate of drug-likeness (QED) is 0.403. The predicted octanol–water partition coefficient (Wildman–Crippen LogP) is 6.15. The molecule has 1 heterocycles. The molecule has 0 saturated carbocycles. The van der Waals surface area contributed by atoms with Gasteiger partial charge in [0.1, 0.15) is 5.75 Å². The molecule has 0 N–H and O–H groups in total. The smallest absolute Gasteiger partial charge is 0.191 e. The third-order valence-corrected chi connectivity index (χ3v) is 5.67. The molecule has 0 bridgehead atoms. The number of thioether (sulfide) groups is 1.